The van der Waals surface area contributed by atoms with Crippen LogP contribution in [0, 0.1) is 12.7 Å². The van der Waals surface area contributed by atoms with Crippen molar-refractivity contribution in [3.05, 3.63) is 59.9 Å². The molecule has 6 heteroatoms. The highest BCUT2D eigenvalue weighted by Gasteiger charge is 2.26. The molecule has 4 nitrogen and oxygen atoms in total. The van der Waals surface area contributed by atoms with E-state index in [0.29, 0.717) is 17.5 Å². The number of hydrogen-bond donors (Lipinski definition) is 0. The van der Waals surface area contributed by atoms with E-state index >= 15 is 0 Å². The van der Waals surface area contributed by atoms with E-state index in [-0.39, 0.29) is 12.5 Å². The SMILES string of the molecule is Cc1ccccc1N=C1SCCN1C(=O)COc1cccc(F)c1. The Labute approximate surface area is 144 Å². The molecule has 0 spiro atoms. The van der Waals surface area contributed by atoms with Crippen LogP contribution in [-0.2, 0) is 4.79 Å². The molecule has 0 radical (unpaired) electrons. The maximum Gasteiger partial charge on any atom is 0.266 e. The molecule has 2 aromatic carbocycles. The number of amidine groups is 1. The zero-order valence-electron chi connectivity index (χ0n) is 13.2. The third-order valence-electron chi connectivity index (χ3n) is 3.57. The molecule has 0 aromatic heterocycles. The molecule has 0 unspecified atom stereocenters. The molecule has 1 amide bonds. The Morgan fingerprint density at radius 2 is 2.12 bits per heavy atom. The first kappa shape index (κ1) is 16.5. The fraction of sp³-hybridized carbons (Fsp3) is 0.222. The van der Waals surface area contributed by atoms with Crippen molar-refractivity contribution in [2.24, 2.45) is 4.99 Å². The maximum atomic E-state index is 13.1. The number of nitrogens with zero attached hydrogens (tertiary/aromatic N) is 2. The average Bonchev–Trinajstić information content (AvgIpc) is 3.03. The smallest absolute Gasteiger partial charge is 0.266 e. The lowest BCUT2D eigenvalue weighted by Gasteiger charge is -2.16. The Kier molecular flexibility index (Phi) is 5.15. The van der Waals surface area contributed by atoms with E-state index in [4.69, 9.17) is 4.74 Å². The van der Waals surface area contributed by atoms with E-state index in [0.717, 1.165) is 17.0 Å². The molecule has 0 N–H and O–H groups in total. The number of amides is 1. The Balaban J connectivity index is 1.69. The number of carbonyl (C=O) groups excluding carboxylic acids is 1. The third-order valence-corrected chi connectivity index (χ3v) is 4.52. The van der Waals surface area contributed by atoms with Crippen molar-refractivity contribution in [3.8, 4) is 5.75 Å². The van der Waals surface area contributed by atoms with Gasteiger partial charge in [0.15, 0.2) is 11.8 Å². The van der Waals surface area contributed by atoms with Crippen molar-refractivity contribution < 1.29 is 13.9 Å². The molecule has 1 saturated heterocycles. The van der Waals surface area contributed by atoms with Crippen LogP contribution in [0.3, 0.4) is 0 Å². The summed E-state index contributed by atoms with van der Waals surface area (Å²) in [7, 11) is 0. The molecule has 24 heavy (non-hydrogen) atoms. The molecule has 0 atom stereocenters. The van der Waals surface area contributed by atoms with Gasteiger partial charge in [-0.25, -0.2) is 9.38 Å². The van der Waals surface area contributed by atoms with Crippen LogP contribution in [0.15, 0.2) is 53.5 Å². The van der Waals surface area contributed by atoms with Crippen molar-refractivity contribution in [1.29, 1.82) is 0 Å². The van der Waals surface area contributed by atoms with Gasteiger partial charge in [0.2, 0.25) is 0 Å². The predicted octanol–water partition coefficient (Wildman–Crippen LogP) is 3.78. The number of thioether (sulfide) groups is 1. The first-order valence-electron chi connectivity index (χ1n) is 7.59. The van der Waals surface area contributed by atoms with Gasteiger partial charge in [-0.15, -0.1) is 0 Å². The number of halogens is 1. The number of aliphatic imine (C=N–C) groups is 1. The van der Waals surface area contributed by atoms with E-state index in [1.54, 1.807) is 28.8 Å². The largest absolute Gasteiger partial charge is 0.484 e. The van der Waals surface area contributed by atoms with Crippen molar-refractivity contribution >= 4 is 28.5 Å². The van der Waals surface area contributed by atoms with Crippen LogP contribution in [0.2, 0.25) is 0 Å². The quantitative estimate of drug-likeness (QED) is 0.848. The molecule has 3 rings (SSSR count). The molecule has 1 aliphatic rings. The second-order valence-electron chi connectivity index (χ2n) is 5.32. The van der Waals surface area contributed by atoms with Gasteiger partial charge >= 0.3 is 0 Å². The Hall–Kier alpha value is -2.34. The topological polar surface area (TPSA) is 41.9 Å². The summed E-state index contributed by atoms with van der Waals surface area (Å²) in [5.41, 5.74) is 1.91. The van der Waals surface area contributed by atoms with Gasteiger partial charge in [-0.3, -0.25) is 9.69 Å². The molecule has 0 aliphatic carbocycles. The molecule has 124 valence electrons. The molecular weight excluding hydrogens is 327 g/mol. The summed E-state index contributed by atoms with van der Waals surface area (Å²) in [6.07, 6.45) is 0. The lowest BCUT2D eigenvalue weighted by molar-refractivity contribution is -0.129. The second-order valence-corrected chi connectivity index (χ2v) is 6.38. The van der Waals surface area contributed by atoms with Crippen LogP contribution < -0.4 is 4.74 Å². The minimum absolute atomic E-state index is 0.142. The standard InChI is InChI=1S/C18H17FN2O2S/c1-13-5-2-3-8-16(13)20-18-21(9-10-24-18)17(22)12-23-15-7-4-6-14(19)11-15/h2-8,11H,9-10,12H2,1H3. The van der Waals surface area contributed by atoms with Gasteiger partial charge in [0.05, 0.1) is 5.69 Å². The van der Waals surface area contributed by atoms with Crippen molar-refractivity contribution in [2.45, 2.75) is 6.92 Å². The van der Waals surface area contributed by atoms with Crippen LogP contribution in [0.4, 0.5) is 10.1 Å². The van der Waals surface area contributed by atoms with E-state index in [9.17, 15) is 9.18 Å². The number of aryl methyl sites for hydroxylation is 1. The van der Waals surface area contributed by atoms with Crippen molar-refractivity contribution in [2.75, 3.05) is 18.9 Å². The normalized spacial score (nSPS) is 15.8. The monoisotopic (exact) mass is 344 g/mol. The Morgan fingerprint density at radius 3 is 2.92 bits per heavy atom. The molecule has 0 saturated carbocycles. The molecule has 0 bridgehead atoms. The summed E-state index contributed by atoms with van der Waals surface area (Å²) in [4.78, 5) is 18.6. The van der Waals surface area contributed by atoms with Crippen molar-refractivity contribution in [1.82, 2.24) is 4.90 Å². The molecule has 1 heterocycles. The van der Waals surface area contributed by atoms with E-state index in [1.807, 2.05) is 31.2 Å². The highest BCUT2D eigenvalue weighted by Crippen LogP contribution is 2.25. The van der Waals surface area contributed by atoms with Crippen LogP contribution in [0.5, 0.6) is 5.75 Å². The Morgan fingerprint density at radius 1 is 1.29 bits per heavy atom. The van der Waals surface area contributed by atoms with Gasteiger partial charge in [0.25, 0.3) is 5.91 Å². The molecule has 1 fully saturated rings. The number of benzene rings is 2. The van der Waals surface area contributed by atoms with Gasteiger partial charge in [0, 0.05) is 18.4 Å². The maximum absolute atomic E-state index is 13.1. The van der Waals surface area contributed by atoms with Crippen LogP contribution in [-0.4, -0.2) is 34.9 Å². The highest BCUT2D eigenvalue weighted by atomic mass is 32.2. The third kappa shape index (κ3) is 3.94. The zero-order chi connectivity index (χ0) is 16.9. The number of ether oxygens (including phenoxy) is 1. The van der Waals surface area contributed by atoms with Gasteiger partial charge in [-0.1, -0.05) is 36.0 Å². The van der Waals surface area contributed by atoms with Gasteiger partial charge < -0.3 is 4.74 Å². The van der Waals surface area contributed by atoms with Crippen LogP contribution in [0.25, 0.3) is 0 Å². The summed E-state index contributed by atoms with van der Waals surface area (Å²) in [5.74, 6) is 0.568. The van der Waals surface area contributed by atoms with Gasteiger partial charge in [-0.2, -0.15) is 0 Å². The minimum atomic E-state index is -0.390. The minimum Gasteiger partial charge on any atom is -0.484 e. The molecular formula is C18H17FN2O2S. The summed E-state index contributed by atoms with van der Waals surface area (Å²) in [6, 6.07) is 13.5. The van der Waals surface area contributed by atoms with Crippen LogP contribution >= 0.6 is 11.8 Å². The Bertz CT molecular complexity index is 779. The fourth-order valence-corrected chi connectivity index (χ4v) is 3.27. The average molecular weight is 344 g/mol. The number of carbonyl (C=O) groups is 1. The van der Waals surface area contributed by atoms with E-state index in [2.05, 4.69) is 4.99 Å². The first-order chi connectivity index (χ1) is 11.6. The fourth-order valence-electron chi connectivity index (χ4n) is 2.30. The van der Waals surface area contributed by atoms with Crippen molar-refractivity contribution in [3.63, 3.8) is 0 Å². The molecule has 1 aliphatic heterocycles. The lowest BCUT2D eigenvalue weighted by atomic mass is 10.2. The van der Waals surface area contributed by atoms with Crippen LogP contribution in [0.1, 0.15) is 5.56 Å². The van der Waals surface area contributed by atoms with Gasteiger partial charge in [-0.05, 0) is 30.7 Å². The molecule has 2 aromatic rings. The predicted molar refractivity (Wildman–Crippen MR) is 94.3 cm³/mol. The van der Waals surface area contributed by atoms with Gasteiger partial charge in [0.1, 0.15) is 11.6 Å². The van der Waals surface area contributed by atoms with E-state index < -0.39 is 5.82 Å². The number of rotatable bonds is 4. The first-order valence-corrected chi connectivity index (χ1v) is 8.58. The summed E-state index contributed by atoms with van der Waals surface area (Å²) in [5, 5.41) is 0.678. The zero-order valence-corrected chi connectivity index (χ0v) is 14.1. The number of hydrogen-bond acceptors (Lipinski definition) is 4. The lowest BCUT2D eigenvalue weighted by Crippen LogP contribution is -2.35. The summed E-state index contributed by atoms with van der Waals surface area (Å²) < 4.78 is 18.5. The van der Waals surface area contributed by atoms with E-state index in [1.165, 1.54) is 12.1 Å². The summed E-state index contributed by atoms with van der Waals surface area (Å²) in [6.45, 7) is 2.44. The number of para-hydroxylation sites is 1. The highest BCUT2D eigenvalue weighted by molar-refractivity contribution is 8.14. The summed E-state index contributed by atoms with van der Waals surface area (Å²) >= 11 is 1.55. The second kappa shape index (κ2) is 7.49.